The third-order valence-corrected chi connectivity index (χ3v) is 1.36. The van der Waals surface area contributed by atoms with Gasteiger partial charge in [0.2, 0.25) is 0 Å². The standard InChI is InChI=1S/C8H11N2O/c1-7-8(10-5-6-11)3-2-4-9-7/h2-4,11H,5-6H2,1H3. The van der Waals surface area contributed by atoms with Gasteiger partial charge in [0.25, 0.3) is 0 Å². The van der Waals surface area contributed by atoms with Crippen LogP contribution in [0.1, 0.15) is 5.69 Å². The largest absolute Gasteiger partial charge is 0.394 e. The Morgan fingerprint density at radius 1 is 1.64 bits per heavy atom. The maximum absolute atomic E-state index is 8.50. The summed E-state index contributed by atoms with van der Waals surface area (Å²) in [6.45, 7) is 2.44. The second-order valence-electron chi connectivity index (χ2n) is 2.21. The van der Waals surface area contributed by atoms with Crippen LogP contribution in [0.25, 0.3) is 0 Å². The molecular formula is C8H11N2O. The van der Waals surface area contributed by atoms with Gasteiger partial charge < -0.3 is 5.11 Å². The molecule has 0 saturated carbocycles. The number of pyridine rings is 1. The minimum Gasteiger partial charge on any atom is -0.394 e. The van der Waals surface area contributed by atoms with Crippen molar-refractivity contribution in [2.75, 3.05) is 13.2 Å². The Morgan fingerprint density at radius 3 is 3.09 bits per heavy atom. The number of aliphatic hydroxyl groups excluding tert-OH is 1. The van der Waals surface area contributed by atoms with Crippen LogP contribution in [0.3, 0.4) is 0 Å². The van der Waals surface area contributed by atoms with Gasteiger partial charge in [-0.3, -0.25) is 10.3 Å². The zero-order valence-corrected chi connectivity index (χ0v) is 6.49. The molecule has 0 aliphatic carbocycles. The van der Waals surface area contributed by atoms with E-state index in [-0.39, 0.29) is 6.61 Å². The smallest absolute Gasteiger partial charge is 0.0787 e. The fourth-order valence-corrected chi connectivity index (χ4v) is 0.813. The van der Waals surface area contributed by atoms with E-state index in [1.807, 2.05) is 19.1 Å². The van der Waals surface area contributed by atoms with Crippen molar-refractivity contribution in [1.82, 2.24) is 10.3 Å². The van der Waals surface area contributed by atoms with E-state index in [0.29, 0.717) is 6.54 Å². The first-order valence-electron chi connectivity index (χ1n) is 3.54. The topological polar surface area (TPSA) is 47.2 Å². The first kappa shape index (κ1) is 8.01. The van der Waals surface area contributed by atoms with Crippen LogP contribution in [0, 0.1) is 6.92 Å². The molecule has 0 atom stereocenters. The minimum atomic E-state index is 0.0916. The molecule has 1 radical (unpaired) electrons. The van der Waals surface area contributed by atoms with Gasteiger partial charge in [-0.25, -0.2) is 0 Å². The highest BCUT2D eigenvalue weighted by Gasteiger charge is 1.96. The predicted octanol–water partition coefficient (Wildman–Crippen LogP) is 0.618. The van der Waals surface area contributed by atoms with E-state index in [0.717, 1.165) is 11.4 Å². The lowest BCUT2D eigenvalue weighted by atomic mass is 10.3. The quantitative estimate of drug-likeness (QED) is 0.688. The molecule has 0 spiro atoms. The van der Waals surface area contributed by atoms with Gasteiger partial charge in [0.1, 0.15) is 0 Å². The second kappa shape index (κ2) is 3.93. The monoisotopic (exact) mass is 151 g/mol. The molecule has 11 heavy (non-hydrogen) atoms. The van der Waals surface area contributed by atoms with Crippen molar-refractivity contribution < 1.29 is 5.11 Å². The Labute approximate surface area is 66.1 Å². The zero-order valence-electron chi connectivity index (χ0n) is 6.49. The molecule has 0 fully saturated rings. The number of hydrogen-bond acceptors (Lipinski definition) is 2. The van der Waals surface area contributed by atoms with Crippen LogP contribution in [0.15, 0.2) is 18.3 Å². The van der Waals surface area contributed by atoms with Crippen molar-refractivity contribution in [1.29, 1.82) is 0 Å². The van der Waals surface area contributed by atoms with E-state index < -0.39 is 0 Å². The summed E-state index contributed by atoms with van der Waals surface area (Å²) < 4.78 is 0. The molecule has 0 saturated heterocycles. The highest BCUT2D eigenvalue weighted by Crippen LogP contribution is 2.09. The van der Waals surface area contributed by atoms with Gasteiger partial charge >= 0.3 is 0 Å². The molecule has 1 N–H and O–H groups in total. The molecule has 1 aromatic heterocycles. The fourth-order valence-electron chi connectivity index (χ4n) is 0.813. The minimum absolute atomic E-state index is 0.0916. The molecule has 0 aliphatic heterocycles. The van der Waals surface area contributed by atoms with E-state index >= 15 is 0 Å². The highest BCUT2D eigenvalue weighted by molar-refractivity contribution is 5.38. The molecule has 3 nitrogen and oxygen atoms in total. The van der Waals surface area contributed by atoms with E-state index in [9.17, 15) is 0 Å². The Morgan fingerprint density at radius 2 is 2.45 bits per heavy atom. The van der Waals surface area contributed by atoms with Crippen LogP contribution in [0.4, 0.5) is 5.69 Å². The molecule has 59 valence electrons. The van der Waals surface area contributed by atoms with Crippen molar-refractivity contribution in [3.05, 3.63) is 24.0 Å². The average Bonchev–Trinajstić information content (AvgIpc) is 2.03. The molecule has 1 aromatic rings. The van der Waals surface area contributed by atoms with Crippen LogP contribution in [0.5, 0.6) is 0 Å². The van der Waals surface area contributed by atoms with Gasteiger partial charge in [-0.2, -0.15) is 0 Å². The van der Waals surface area contributed by atoms with Gasteiger partial charge in [-0.1, -0.05) is 0 Å². The maximum atomic E-state index is 8.50. The Bertz CT molecular complexity index is 225. The third kappa shape index (κ3) is 2.20. The highest BCUT2D eigenvalue weighted by atomic mass is 16.3. The summed E-state index contributed by atoms with van der Waals surface area (Å²) in [5, 5.41) is 12.6. The van der Waals surface area contributed by atoms with Crippen LogP contribution in [-0.4, -0.2) is 23.2 Å². The lowest BCUT2D eigenvalue weighted by Crippen LogP contribution is -2.05. The summed E-state index contributed by atoms with van der Waals surface area (Å²) in [6.07, 6.45) is 1.73. The molecule has 0 amide bonds. The molecule has 0 aliphatic rings. The Balaban J connectivity index is 2.62. The molecule has 0 bridgehead atoms. The van der Waals surface area contributed by atoms with E-state index in [1.54, 1.807) is 6.20 Å². The molecule has 0 aromatic carbocycles. The van der Waals surface area contributed by atoms with Gasteiger partial charge in [-0.05, 0) is 19.1 Å². The lowest BCUT2D eigenvalue weighted by Gasteiger charge is -2.02. The number of nitrogens with zero attached hydrogens (tertiary/aromatic N) is 2. The normalized spacial score (nSPS) is 9.64. The van der Waals surface area contributed by atoms with Gasteiger partial charge in [0.05, 0.1) is 24.5 Å². The second-order valence-corrected chi connectivity index (χ2v) is 2.21. The number of aromatic nitrogens is 1. The van der Waals surface area contributed by atoms with E-state index in [1.165, 1.54) is 0 Å². The molecule has 1 rings (SSSR count). The number of hydrogen-bond donors (Lipinski definition) is 1. The van der Waals surface area contributed by atoms with Crippen molar-refractivity contribution in [2.45, 2.75) is 6.92 Å². The third-order valence-electron chi connectivity index (χ3n) is 1.36. The van der Waals surface area contributed by atoms with E-state index in [4.69, 9.17) is 5.11 Å². The van der Waals surface area contributed by atoms with Crippen LogP contribution >= 0.6 is 0 Å². The Kier molecular flexibility index (Phi) is 2.86. The van der Waals surface area contributed by atoms with Crippen molar-refractivity contribution in [2.24, 2.45) is 0 Å². The summed E-state index contributed by atoms with van der Waals surface area (Å²) in [6, 6.07) is 3.72. The van der Waals surface area contributed by atoms with Gasteiger partial charge in [0, 0.05) is 6.20 Å². The zero-order chi connectivity index (χ0) is 8.10. The van der Waals surface area contributed by atoms with Crippen molar-refractivity contribution in [3.63, 3.8) is 0 Å². The summed E-state index contributed by atoms with van der Waals surface area (Å²) in [5.74, 6) is 0. The van der Waals surface area contributed by atoms with Crippen LogP contribution in [-0.2, 0) is 0 Å². The first-order valence-corrected chi connectivity index (χ1v) is 3.54. The van der Waals surface area contributed by atoms with Gasteiger partial charge in [-0.15, -0.1) is 0 Å². The molecule has 0 unspecified atom stereocenters. The maximum Gasteiger partial charge on any atom is 0.0787 e. The summed E-state index contributed by atoms with van der Waals surface area (Å²) in [5.41, 5.74) is 1.77. The predicted molar refractivity (Wildman–Crippen MR) is 42.7 cm³/mol. The number of aliphatic hydroxyl groups is 1. The van der Waals surface area contributed by atoms with Crippen molar-refractivity contribution in [3.8, 4) is 0 Å². The SMILES string of the molecule is Cc1ncccc1[N]CCO. The summed E-state index contributed by atoms with van der Waals surface area (Å²) in [7, 11) is 0. The molecular weight excluding hydrogens is 140 g/mol. The van der Waals surface area contributed by atoms with Crippen molar-refractivity contribution >= 4 is 5.69 Å². The molecule has 3 heteroatoms. The number of aryl methyl sites for hydroxylation is 1. The van der Waals surface area contributed by atoms with Crippen LogP contribution in [0.2, 0.25) is 0 Å². The van der Waals surface area contributed by atoms with E-state index in [2.05, 4.69) is 10.3 Å². The van der Waals surface area contributed by atoms with Gasteiger partial charge in [0.15, 0.2) is 0 Å². The first-order chi connectivity index (χ1) is 5.34. The molecule has 1 heterocycles. The summed E-state index contributed by atoms with van der Waals surface area (Å²) >= 11 is 0. The summed E-state index contributed by atoms with van der Waals surface area (Å²) in [4.78, 5) is 4.06. The average molecular weight is 151 g/mol. The number of rotatable bonds is 3. The Hall–Kier alpha value is -1.09. The fraction of sp³-hybridized carbons (Fsp3) is 0.375. The van der Waals surface area contributed by atoms with Crippen LogP contribution < -0.4 is 5.32 Å². The lowest BCUT2D eigenvalue weighted by molar-refractivity contribution is 0.298.